The highest BCUT2D eigenvalue weighted by molar-refractivity contribution is 5.94. The van der Waals surface area contributed by atoms with Crippen LogP contribution in [-0.2, 0) is 6.42 Å². The predicted octanol–water partition coefficient (Wildman–Crippen LogP) is 2.88. The lowest BCUT2D eigenvalue weighted by atomic mass is 9.88. The molecule has 1 saturated heterocycles. The molecule has 136 valence electrons. The topological polar surface area (TPSA) is 79.7 Å². The molecule has 1 aromatic carbocycles. The van der Waals surface area contributed by atoms with E-state index in [9.17, 15) is 14.7 Å². The van der Waals surface area contributed by atoms with E-state index in [2.05, 4.69) is 4.98 Å². The van der Waals surface area contributed by atoms with Crippen LogP contribution in [0.25, 0.3) is 0 Å². The van der Waals surface area contributed by atoms with Crippen molar-refractivity contribution in [3.8, 4) is 5.88 Å². The highest BCUT2D eigenvalue weighted by atomic mass is 16.5. The van der Waals surface area contributed by atoms with Gasteiger partial charge in [0.2, 0.25) is 5.88 Å². The smallest absolute Gasteiger partial charge is 0.335 e. The quantitative estimate of drug-likeness (QED) is 0.893. The summed E-state index contributed by atoms with van der Waals surface area (Å²) >= 11 is 0. The molecular weight excluding hydrogens is 332 g/mol. The van der Waals surface area contributed by atoms with Gasteiger partial charge in [-0.3, -0.25) is 4.79 Å². The van der Waals surface area contributed by atoms with E-state index in [-0.39, 0.29) is 5.91 Å². The number of benzene rings is 1. The third-order valence-corrected chi connectivity index (χ3v) is 4.85. The summed E-state index contributed by atoms with van der Waals surface area (Å²) in [6.45, 7) is 1.34. The molecule has 1 N–H and O–H groups in total. The van der Waals surface area contributed by atoms with Gasteiger partial charge in [0, 0.05) is 25.4 Å². The van der Waals surface area contributed by atoms with Crippen LogP contribution in [-0.4, -0.2) is 47.1 Å². The lowest BCUT2D eigenvalue weighted by Crippen LogP contribution is -2.39. The fourth-order valence-corrected chi connectivity index (χ4v) is 3.37. The van der Waals surface area contributed by atoms with Gasteiger partial charge < -0.3 is 14.7 Å². The Kier molecular flexibility index (Phi) is 5.51. The molecule has 0 saturated carbocycles. The maximum absolute atomic E-state index is 12.6. The number of aromatic carboxylic acids is 1. The van der Waals surface area contributed by atoms with E-state index in [0.717, 1.165) is 24.8 Å². The Hall–Kier alpha value is -2.89. The Morgan fingerprint density at radius 2 is 1.92 bits per heavy atom. The van der Waals surface area contributed by atoms with E-state index < -0.39 is 5.97 Å². The number of carboxylic acid groups (broad SMARTS) is 1. The fourth-order valence-electron chi connectivity index (χ4n) is 3.37. The van der Waals surface area contributed by atoms with Gasteiger partial charge in [-0.25, -0.2) is 9.78 Å². The molecular formula is C20H22N2O4. The average Bonchev–Trinajstić information content (AvgIpc) is 2.68. The van der Waals surface area contributed by atoms with Gasteiger partial charge in [-0.2, -0.15) is 0 Å². The Morgan fingerprint density at radius 3 is 2.54 bits per heavy atom. The number of ether oxygens (including phenoxy) is 1. The molecule has 26 heavy (non-hydrogen) atoms. The molecule has 1 fully saturated rings. The molecule has 0 bridgehead atoms. The minimum Gasteiger partial charge on any atom is -0.481 e. The molecule has 2 heterocycles. The van der Waals surface area contributed by atoms with Crippen LogP contribution in [0.2, 0.25) is 0 Å². The summed E-state index contributed by atoms with van der Waals surface area (Å²) in [7, 11) is 1.54. The molecule has 0 spiro atoms. The molecule has 6 nitrogen and oxygen atoms in total. The largest absolute Gasteiger partial charge is 0.481 e. The number of pyridine rings is 1. The van der Waals surface area contributed by atoms with Crippen molar-refractivity contribution in [2.45, 2.75) is 19.3 Å². The Bertz CT molecular complexity index is 781. The third-order valence-electron chi connectivity index (χ3n) is 4.85. The Balaban J connectivity index is 1.59. The number of carbonyl (C=O) groups is 2. The van der Waals surface area contributed by atoms with Crippen molar-refractivity contribution < 1.29 is 19.4 Å². The van der Waals surface area contributed by atoms with Crippen molar-refractivity contribution >= 4 is 11.9 Å². The number of likely N-dealkylation sites (tertiary alicyclic amines) is 1. The Labute approximate surface area is 152 Å². The molecule has 1 aliphatic rings. The molecule has 2 aromatic rings. The van der Waals surface area contributed by atoms with Crippen LogP contribution in [0.5, 0.6) is 5.88 Å². The van der Waals surface area contributed by atoms with Gasteiger partial charge in [-0.1, -0.05) is 18.2 Å². The van der Waals surface area contributed by atoms with Crippen LogP contribution < -0.4 is 4.74 Å². The number of aromatic nitrogens is 1. The first kappa shape index (κ1) is 17.9. The van der Waals surface area contributed by atoms with Crippen LogP contribution >= 0.6 is 0 Å². The van der Waals surface area contributed by atoms with Gasteiger partial charge in [-0.05, 0) is 42.9 Å². The number of amides is 1. The maximum atomic E-state index is 12.6. The molecule has 0 radical (unpaired) electrons. The summed E-state index contributed by atoms with van der Waals surface area (Å²) in [5.74, 6) is -0.0457. The van der Waals surface area contributed by atoms with E-state index in [1.807, 2.05) is 17.0 Å². The Morgan fingerprint density at radius 1 is 1.19 bits per heavy atom. The lowest BCUT2D eigenvalue weighted by Gasteiger charge is -2.32. The second-order valence-corrected chi connectivity index (χ2v) is 6.49. The normalized spacial score (nSPS) is 14.9. The summed E-state index contributed by atoms with van der Waals surface area (Å²) in [4.78, 5) is 29.8. The SMILES string of the molecule is COc1ccc(C(=O)N2CCC(Cc3ccccc3C(=O)O)CC2)cn1. The summed E-state index contributed by atoms with van der Waals surface area (Å²) in [5.41, 5.74) is 1.79. The van der Waals surface area contributed by atoms with E-state index >= 15 is 0 Å². The summed E-state index contributed by atoms with van der Waals surface area (Å²) in [6, 6.07) is 10.6. The molecule has 0 atom stereocenters. The minimum absolute atomic E-state index is 0.0236. The van der Waals surface area contributed by atoms with Crippen molar-refractivity contribution in [2.75, 3.05) is 20.2 Å². The zero-order chi connectivity index (χ0) is 18.5. The van der Waals surface area contributed by atoms with Crippen molar-refractivity contribution in [1.29, 1.82) is 0 Å². The average molecular weight is 354 g/mol. The van der Waals surface area contributed by atoms with Gasteiger partial charge in [0.15, 0.2) is 0 Å². The van der Waals surface area contributed by atoms with E-state index in [1.165, 1.54) is 13.3 Å². The molecule has 1 aliphatic heterocycles. The molecule has 1 amide bonds. The number of piperidine rings is 1. The molecule has 0 aliphatic carbocycles. The summed E-state index contributed by atoms with van der Waals surface area (Å²) in [6.07, 6.45) is 4.00. The minimum atomic E-state index is -0.889. The van der Waals surface area contributed by atoms with Gasteiger partial charge >= 0.3 is 5.97 Å². The van der Waals surface area contributed by atoms with Crippen LogP contribution in [0.15, 0.2) is 42.6 Å². The predicted molar refractivity (Wildman–Crippen MR) is 96.5 cm³/mol. The lowest BCUT2D eigenvalue weighted by molar-refractivity contribution is 0.0690. The maximum Gasteiger partial charge on any atom is 0.335 e. The zero-order valence-corrected chi connectivity index (χ0v) is 14.7. The second-order valence-electron chi connectivity index (χ2n) is 6.49. The molecule has 1 aromatic heterocycles. The van der Waals surface area contributed by atoms with Crippen molar-refractivity contribution in [3.63, 3.8) is 0 Å². The number of hydrogen-bond donors (Lipinski definition) is 1. The van der Waals surface area contributed by atoms with Gasteiger partial charge in [0.25, 0.3) is 5.91 Å². The van der Waals surface area contributed by atoms with Crippen molar-refractivity contribution in [1.82, 2.24) is 9.88 Å². The highest BCUT2D eigenvalue weighted by Gasteiger charge is 2.25. The van der Waals surface area contributed by atoms with Crippen LogP contribution in [0.3, 0.4) is 0 Å². The van der Waals surface area contributed by atoms with E-state index in [4.69, 9.17) is 4.74 Å². The van der Waals surface area contributed by atoms with E-state index in [1.54, 1.807) is 24.3 Å². The standard InChI is InChI=1S/C20H22N2O4/c1-26-18-7-6-16(13-21-18)19(23)22-10-8-14(9-11-22)12-15-4-2-3-5-17(15)20(24)25/h2-7,13-14H,8-12H2,1H3,(H,24,25). The molecule has 3 rings (SSSR count). The van der Waals surface area contributed by atoms with Crippen LogP contribution in [0.1, 0.15) is 39.1 Å². The van der Waals surface area contributed by atoms with Gasteiger partial charge in [-0.15, -0.1) is 0 Å². The van der Waals surface area contributed by atoms with Crippen LogP contribution in [0.4, 0.5) is 0 Å². The second kappa shape index (κ2) is 7.99. The number of rotatable bonds is 5. The number of hydrogen-bond acceptors (Lipinski definition) is 4. The van der Waals surface area contributed by atoms with Gasteiger partial charge in [0.05, 0.1) is 18.2 Å². The third kappa shape index (κ3) is 4.02. The molecule has 6 heteroatoms. The summed E-state index contributed by atoms with van der Waals surface area (Å²) < 4.78 is 5.01. The number of nitrogens with zero attached hydrogens (tertiary/aromatic N) is 2. The van der Waals surface area contributed by atoms with Crippen LogP contribution in [0, 0.1) is 5.92 Å². The fraction of sp³-hybridized carbons (Fsp3) is 0.350. The number of carbonyl (C=O) groups excluding carboxylic acids is 1. The molecule has 0 unspecified atom stereocenters. The highest BCUT2D eigenvalue weighted by Crippen LogP contribution is 2.24. The zero-order valence-electron chi connectivity index (χ0n) is 14.7. The van der Waals surface area contributed by atoms with Gasteiger partial charge in [0.1, 0.15) is 0 Å². The van der Waals surface area contributed by atoms with Crippen molar-refractivity contribution in [3.05, 3.63) is 59.3 Å². The number of carboxylic acids is 1. The first-order chi connectivity index (χ1) is 12.6. The first-order valence-corrected chi connectivity index (χ1v) is 8.69. The first-order valence-electron chi connectivity index (χ1n) is 8.69. The number of methoxy groups -OCH3 is 1. The monoisotopic (exact) mass is 354 g/mol. The van der Waals surface area contributed by atoms with E-state index in [0.29, 0.717) is 36.0 Å². The summed E-state index contributed by atoms with van der Waals surface area (Å²) in [5, 5.41) is 9.31. The van der Waals surface area contributed by atoms with Crippen molar-refractivity contribution in [2.24, 2.45) is 5.92 Å².